The molecule has 0 amide bonds. The number of hydrogen-bond donors (Lipinski definition) is 1. The Kier molecular flexibility index (Phi) is 2.00. The van der Waals surface area contributed by atoms with Gasteiger partial charge in [-0.1, -0.05) is 0 Å². The van der Waals surface area contributed by atoms with Gasteiger partial charge in [0.15, 0.2) is 5.65 Å². The topological polar surface area (TPSA) is 50.8 Å². The quantitative estimate of drug-likeness (QED) is 0.788. The van der Waals surface area contributed by atoms with E-state index in [2.05, 4.69) is 15.0 Å². The van der Waals surface area contributed by atoms with Crippen LogP contribution < -0.4 is 0 Å². The van der Waals surface area contributed by atoms with Crippen molar-refractivity contribution in [2.45, 2.75) is 19.4 Å². The summed E-state index contributed by atoms with van der Waals surface area (Å²) in [4.78, 5) is 11.7. The molecule has 14 heavy (non-hydrogen) atoms. The lowest BCUT2D eigenvalue weighted by Crippen LogP contribution is -2.21. The highest BCUT2D eigenvalue weighted by Gasteiger charge is 2.23. The van der Waals surface area contributed by atoms with Crippen LogP contribution in [-0.2, 0) is 10.3 Å². The number of nitrogens with one attached hydrogen (secondary N) is 1. The molecule has 74 valence electrons. The van der Waals surface area contributed by atoms with E-state index in [-0.39, 0.29) is 0 Å². The molecule has 0 saturated carbocycles. The number of pyridine rings is 1. The second-order valence-electron chi connectivity index (χ2n) is 3.67. The van der Waals surface area contributed by atoms with E-state index in [1.54, 1.807) is 13.3 Å². The maximum absolute atomic E-state index is 5.33. The number of hydrogen-bond acceptors (Lipinski definition) is 3. The molecule has 0 atom stereocenters. The molecule has 2 heterocycles. The lowest BCUT2D eigenvalue weighted by atomic mass is 10.1. The van der Waals surface area contributed by atoms with E-state index >= 15 is 0 Å². The lowest BCUT2D eigenvalue weighted by molar-refractivity contribution is 0.0124. The van der Waals surface area contributed by atoms with E-state index in [1.165, 1.54) is 0 Å². The Bertz CT molecular complexity index is 414. The third-order valence-electron chi connectivity index (χ3n) is 2.34. The van der Waals surface area contributed by atoms with E-state index in [4.69, 9.17) is 4.74 Å². The largest absolute Gasteiger partial charge is 0.371 e. The first-order chi connectivity index (χ1) is 6.63. The van der Waals surface area contributed by atoms with Gasteiger partial charge in [0, 0.05) is 13.3 Å². The summed E-state index contributed by atoms with van der Waals surface area (Å²) in [6, 6.07) is 3.83. The predicted octanol–water partition coefficient (Wildman–Crippen LogP) is 1.84. The number of methoxy groups -OCH3 is 1. The number of H-pyrrole nitrogens is 1. The third kappa shape index (κ3) is 1.37. The van der Waals surface area contributed by atoms with Crippen molar-refractivity contribution in [1.29, 1.82) is 0 Å². The van der Waals surface area contributed by atoms with Crippen molar-refractivity contribution < 1.29 is 4.74 Å². The molecule has 1 N–H and O–H groups in total. The van der Waals surface area contributed by atoms with Gasteiger partial charge in [0.05, 0.1) is 5.52 Å². The molecule has 0 aliphatic rings. The van der Waals surface area contributed by atoms with Crippen molar-refractivity contribution >= 4 is 11.2 Å². The molecule has 4 heteroatoms. The SMILES string of the molecule is COC(C)(C)c1nc2ncccc2[nH]1. The maximum Gasteiger partial charge on any atom is 0.177 e. The summed E-state index contributed by atoms with van der Waals surface area (Å²) in [5, 5.41) is 0. The highest BCUT2D eigenvalue weighted by molar-refractivity contribution is 5.70. The monoisotopic (exact) mass is 191 g/mol. The second-order valence-corrected chi connectivity index (χ2v) is 3.67. The fourth-order valence-electron chi connectivity index (χ4n) is 1.23. The van der Waals surface area contributed by atoms with Crippen molar-refractivity contribution in [2.24, 2.45) is 0 Å². The Labute approximate surface area is 82.3 Å². The minimum absolute atomic E-state index is 0.402. The van der Waals surface area contributed by atoms with Gasteiger partial charge in [-0.2, -0.15) is 0 Å². The molecule has 0 radical (unpaired) electrons. The first kappa shape index (κ1) is 9.15. The molecule has 0 saturated heterocycles. The molecule has 4 nitrogen and oxygen atoms in total. The van der Waals surface area contributed by atoms with Crippen LogP contribution in [-0.4, -0.2) is 22.1 Å². The van der Waals surface area contributed by atoms with Gasteiger partial charge in [-0.25, -0.2) is 9.97 Å². The van der Waals surface area contributed by atoms with Gasteiger partial charge in [0.2, 0.25) is 0 Å². The van der Waals surface area contributed by atoms with E-state index in [0.717, 1.165) is 17.0 Å². The molecule has 2 rings (SSSR count). The van der Waals surface area contributed by atoms with Crippen molar-refractivity contribution in [3.8, 4) is 0 Å². The number of fused-ring (bicyclic) bond motifs is 1. The zero-order chi connectivity index (χ0) is 10.2. The minimum Gasteiger partial charge on any atom is -0.371 e. The van der Waals surface area contributed by atoms with Crippen LogP contribution >= 0.6 is 0 Å². The summed E-state index contributed by atoms with van der Waals surface area (Å²) >= 11 is 0. The fraction of sp³-hybridized carbons (Fsp3) is 0.400. The number of nitrogens with zero attached hydrogens (tertiary/aromatic N) is 2. The molecule has 0 aliphatic heterocycles. The molecule has 0 aromatic carbocycles. The van der Waals surface area contributed by atoms with Crippen LogP contribution in [0.3, 0.4) is 0 Å². The van der Waals surface area contributed by atoms with Crippen molar-refractivity contribution in [3.05, 3.63) is 24.2 Å². The highest BCUT2D eigenvalue weighted by atomic mass is 16.5. The molecule has 2 aromatic rings. The molecule has 0 fully saturated rings. The molecular formula is C10H13N3O. The van der Waals surface area contributed by atoms with Gasteiger partial charge in [-0.3, -0.25) is 0 Å². The lowest BCUT2D eigenvalue weighted by Gasteiger charge is -2.19. The van der Waals surface area contributed by atoms with Gasteiger partial charge in [-0.05, 0) is 26.0 Å². The average Bonchev–Trinajstić information content (AvgIpc) is 2.61. The van der Waals surface area contributed by atoms with E-state index < -0.39 is 5.60 Å². The summed E-state index contributed by atoms with van der Waals surface area (Å²) in [7, 11) is 1.67. The summed E-state index contributed by atoms with van der Waals surface area (Å²) in [5.41, 5.74) is 1.26. The van der Waals surface area contributed by atoms with Gasteiger partial charge in [-0.15, -0.1) is 0 Å². The Balaban J connectivity index is 2.55. The van der Waals surface area contributed by atoms with E-state index in [1.807, 2.05) is 26.0 Å². The maximum atomic E-state index is 5.33. The smallest absolute Gasteiger partial charge is 0.177 e. The Morgan fingerprint density at radius 1 is 1.43 bits per heavy atom. The van der Waals surface area contributed by atoms with Crippen LogP contribution in [0.5, 0.6) is 0 Å². The van der Waals surface area contributed by atoms with E-state index in [0.29, 0.717) is 0 Å². The molecule has 0 spiro atoms. The molecule has 2 aromatic heterocycles. The van der Waals surface area contributed by atoms with Gasteiger partial charge in [0.1, 0.15) is 11.4 Å². The zero-order valence-electron chi connectivity index (χ0n) is 8.53. The molecule has 0 aliphatic carbocycles. The highest BCUT2D eigenvalue weighted by Crippen LogP contribution is 2.22. The summed E-state index contributed by atoms with van der Waals surface area (Å²) in [5.74, 6) is 0.800. The van der Waals surface area contributed by atoms with Crippen LogP contribution in [0.25, 0.3) is 11.2 Å². The van der Waals surface area contributed by atoms with Crippen LogP contribution in [0, 0.1) is 0 Å². The molecular weight excluding hydrogens is 178 g/mol. The van der Waals surface area contributed by atoms with Crippen LogP contribution in [0.1, 0.15) is 19.7 Å². The van der Waals surface area contributed by atoms with Crippen molar-refractivity contribution in [2.75, 3.05) is 7.11 Å². The molecule has 0 bridgehead atoms. The number of imidazole rings is 1. The van der Waals surface area contributed by atoms with Crippen LogP contribution in [0.4, 0.5) is 0 Å². The summed E-state index contributed by atoms with van der Waals surface area (Å²) in [6.07, 6.45) is 1.73. The summed E-state index contributed by atoms with van der Waals surface area (Å²) < 4.78 is 5.33. The predicted molar refractivity (Wildman–Crippen MR) is 53.9 cm³/mol. The minimum atomic E-state index is -0.402. The van der Waals surface area contributed by atoms with Gasteiger partial charge >= 0.3 is 0 Å². The fourth-order valence-corrected chi connectivity index (χ4v) is 1.23. The first-order valence-corrected chi connectivity index (χ1v) is 4.50. The van der Waals surface area contributed by atoms with Gasteiger partial charge in [0.25, 0.3) is 0 Å². The van der Waals surface area contributed by atoms with Crippen molar-refractivity contribution in [1.82, 2.24) is 15.0 Å². The van der Waals surface area contributed by atoms with Gasteiger partial charge < -0.3 is 9.72 Å². The van der Waals surface area contributed by atoms with Crippen LogP contribution in [0.2, 0.25) is 0 Å². The Morgan fingerprint density at radius 2 is 2.21 bits per heavy atom. The second kappa shape index (κ2) is 3.06. The normalized spacial score (nSPS) is 12.2. The average molecular weight is 191 g/mol. The zero-order valence-corrected chi connectivity index (χ0v) is 8.53. The Hall–Kier alpha value is -1.42. The first-order valence-electron chi connectivity index (χ1n) is 4.50. The number of ether oxygens (including phenoxy) is 1. The number of aromatic nitrogens is 3. The molecule has 0 unspecified atom stereocenters. The van der Waals surface area contributed by atoms with E-state index in [9.17, 15) is 0 Å². The number of aromatic amines is 1. The van der Waals surface area contributed by atoms with Crippen LogP contribution in [0.15, 0.2) is 18.3 Å². The summed E-state index contributed by atoms with van der Waals surface area (Å²) in [6.45, 7) is 3.93. The third-order valence-corrected chi connectivity index (χ3v) is 2.34. The standard InChI is InChI=1S/C10H13N3O/c1-10(2,14-3)9-12-7-5-4-6-11-8(7)13-9/h4-6H,1-3H3,(H,11,12,13). The Morgan fingerprint density at radius 3 is 2.86 bits per heavy atom. The number of rotatable bonds is 2. The van der Waals surface area contributed by atoms with Crippen molar-refractivity contribution in [3.63, 3.8) is 0 Å².